The summed E-state index contributed by atoms with van der Waals surface area (Å²) in [6.07, 6.45) is 4.14. The molecule has 1 aliphatic heterocycles. The number of unbranched alkanes of at least 4 members (excludes halogenated alkanes) is 2. The Labute approximate surface area is 296 Å². The first-order valence-corrected chi connectivity index (χ1v) is 19.4. The maximum absolute atomic E-state index is 13.9. The van der Waals surface area contributed by atoms with Crippen molar-refractivity contribution in [2.45, 2.75) is 89.6 Å². The molecular formula is C40H58N3O5P. The molecule has 8 nitrogen and oxygen atoms in total. The molecule has 1 aliphatic rings. The third-order valence-electron chi connectivity index (χ3n) is 9.36. The molecule has 0 spiro atoms. The van der Waals surface area contributed by atoms with Crippen LogP contribution in [0.25, 0.3) is 0 Å². The number of amides is 1. The molecule has 0 saturated carbocycles. The number of rotatable bonds is 19. The van der Waals surface area contributed by atoms with Crippen LogP contribution in [0, 0.1) is 0 Å². The van der Waals surface area contributed by atoms with E-state index in [1.807, 2.05) is 54.4 Å². The van der Waals surface area contributed by atoms with Crippen LogP contribution in [0.1, 0.15) is 76.5 Å². The number of ether oxygens (including phenoxy) is 3. The van der Waals surface area contributed by atoms with Crippen LogP contribution in [0.5, 0.6) is 11.5 Å². The van der Waals surface area contributed by atoms with Crippen molar-refractivity contribution in [3.63, 3.8) is 0 Å². The number of likely N-dealkylation sites (tertiary alicyclic amines) is 1. The molecule has 0 aliphatic carbocycles. The smallest absolute Gasteiger partial charge is 0.222 e. The molecule has 1 fully saturated rings. The lowest BCUT2D eigenvalue weighted by atomic mass is 9.80. The second-order valence-electron chi connectivity index (χ2n) is 13.4. The summed E-state index contributed by atoms with van der Waals surface area (Å²) < 4.78 is 27.6. The number of hydrogen-bond donors (Lipinski definition) is 1. The Morgan fingerprint density at radius 2 is 1.41 bits per heavy atom. The Morgan fingerprint density at radius 1 is 0.857 bits per heavy atom. The highest BCUT2D eigenvalue weighted by Gasteiger charge is 2.42. The summed E-state index contributed by atoms with van der Waals surface area (Å²) in [6, 6.07) is 27.1. The summed E-state index contributed by atoms with van der Waals surface area (Å²) in [5, 5.41) is 3.21. The molecule has 1 amide bonds. The Bertz CT molecular complexity index is 1350. The summed E-state index contributed by atoms with van der Waals surface area (Å²) >= 11 is 0. The van der Waals surface area contributed by atoms with E-state index in [1.54, 1.807) is 14.2 Å². The zero-order valence-corrected chi connectivity index (χ0v) is 31.7. The van der Waals surface area contributed by atoms with E-state index in [1.165, 1.54) is 0 Å². The van der Waals surface area contributed by atoms with Crippen LogP contribution in [0.4, 0.5) is 0 Å². The van der Waals surface area contributed by atoms with Crippen molar-refractivity contribution in [2.75, 3.05) is 47.6 Å². The molecule has 0 bridgehead atoms. The van der Waals surface area contributed by atoms with Crippen LogP contribution >= 0.6 is 8.30 Å². The van der Waals surface area contributed by atoms with Gasteiger partial charge in [-0.05, 0) is 108 Å². The molecule has 0 aromatic heterocycles. The third-order valence-corrected chi connectivity index (χ3v) is 11.5. The van der Waals surface area contributed by atoms with Gasteiger partial charge in [0.1, 0.15) is 25.4 Å². The minimum Gasteiger partial charge on any atom is -0.497 e. The number of carbonyl (C=O) groups is 1. The lowest BCUT2D eigenvalue weighted by molar-refractivity contribution is -0.134. The Morgan fingerprint density at radius 3 is 1.92 bits per heavy atom. The topological polar surface area (TPSA) is 72.5 Å². The van der Waals surface area contributed by atoms with Gasteiger partial charge in [-0.15, -0.1) is 0 Å². The Hall–Kier alpha value is -3.00. The fourth-order valence-corrected chi connectivity index (χ4v) is 9.12. The fraction of sp³-hybridized carbons (Fsp3) is 0.525. The number of benzene rings is 3. The highest BCUT2D eigenvalue weighted by molar-refractivity contribution is 7.49. The first kappa shape index (κ1) is 38.8. The Kier molecular flexibility index (Phi) is 14.9. The van der Waals surface area contributed by atoms with Gasteiger partial charge in [0, 0.05) is 25.0 Å². The quantitative estimate of drug-likeness (QED) is 0.0781. The standard InChI is InChI=1S/C40H58N3O5P/c1-30(2)43(31(3)4)49(8)48-38-27-35(42(28-38)39(44)17-13-10-14-26-41-5)29-47-40(32-15-11-9-12-16-32,33-18-22-36(45-6)23-19-33)34-20-24-37(46-7)25-21-34/h9,11-12,15-16,18-25,30-31,35,38,41H,10,13-14,17,26-29H2,1-8H3/t35-,38+,49?/m0/s1. The van der Waals surface area contributed by atoms with Crippen LogP contribution in [0.2, 0.25) is 0 Å². The Balaban J connectivity index is 1.70. The average Bonchev–Trinajstić information content (AvgIpc) is 3.51. The van der Waals surface area contributed by atoms with E-state index in [4.69, 9.17) is 18.7 Å². The molecular weight excluding hydrogens is 633 g/mol. The molecule has 49 heavy (non-hydrogen) atoms. The normalized spacial score (nSPS) is 17.2. The molecule has 1 heterocycles. The van der Waals surface area contributed by atoms with Gasteiger partial charge in [0.25, 0.3) is 0 Å². The maximum Gasteiger partial charge on any atom is 0.222 e. The van der Waals surface area contributed by atoms with Crippen LogP contribution < -0.4 is 14.8 Å². The van der Waals surface area contributed by atoms with Gasteiger partial charge < -0.3 is 29.0 Å². The van der Waals surface area contributed by atoms with Gasteiger partial charge in [-0.2, -0.15) is 0 Å². The highest BCUT2D eigenvalue weighted by atomic mass is 31.2. The monoisotopic (exact) mass is 691 g/mol. The van der Waals surface area contributed by atoms with Crippen molar-refractivity contribution in [1.29, 1.82) is 0 Å². The number of nitrogens with zero attached hydrogens (tertiary/aromatic N) is 2. The average molecular weight is 692 g/mol. The van der Waals surface area contributed by atoms with Crippen LogP contribution in [0.15, 0.2) is 78.9 Å². The first-order chi connectivity index (χ1) is 23.6. The summed E-state index contributed by atoms with van der Waals surface area (Å²) in [5.41, 5.74) is 1.99. The second-order valence-corrected chi connectivity index (χ2v) is 15.0. The van der Waals surface area contributed by atoms with Gasteiger partial charge in [0.05, 0.1) is 33.0 Å². The van der Waals surface area contributed by atoms with Crippen molar-refractivity contribution in [1.82, 2.24) is 14.9 Å². The van der Waals surface area contributed by atoms with Crippen molar-refractivity contribution in [3.8, 4) is 11.5 Å². The molecule has 1 unspecified atom stereocenters. The van der Waals surface area contributed by atoms with Crippen LogP contribution in [-0.2, 0) is 19.7 Å². The zero-order valence-electron chi connectivity index (χ0n) is 30.9. The largest absolute Gasteiger partial charge is 0.497 e. The van der Waals surface area contributed by atoms with Crippen LogP contribution in [0.3, 0.4) is 0 Å². The molecule has 1 saturated heterocycles. The summed E-state index contributed by atoms with van der Waals surface area (Å²) in [4.78, 5) is 16.0. The SMILES string of the molecule is CNCCCCCC(=O)N1C[C@H](OP(C)N(C(C)C)C(C)C)C[C@H]1COC(c1ccccc1)(c1ccc(OC)cc1)c1ccc(OC)cc1. The number of hydrogen-bond acceptors (Lipinski definition) is 7. The lowest BCUT2D eigenvalue weighted by Crippen LogP contribution is -2.42. The van der Waals surface area contributed by atoms with Gasteiger partial charge in [-0.25, -0.2) is 0 Å². The van der Waals surface area contributed by atoms with E-state index >= 15 is 0 Å². The van der Waals surface area contributed by atoms with Crippen molar-refractivity contribution in [3.05, 3.63) is 95.6 Å². The van der Waals surface area contributed by atoms with Crippen molar-refractivity contribution in [2.24, 2.45) is 0 Å². The maximum atomic E-state index is 13.9. The minimum absolute atomic E-state index is 0.0638. The molecule has 9 heteroatoms. The predicted molar refractivity (Wildman–Crippen MR) is 201 cm³/mol. The number of nitrogens with one attached hydrogen (secondary N) is 1. The number of carbonyl (C=O) groups excluding carboxylic acids is 1. The molecule has 3 atom stereocenters. The van der Waals surface area contributed by atoms with E-state index < -0.39 is 13.9 Å². The fourth-order valence-electron chi connectivity index (χ4n) is 7.12. The molecule has 3 aromatic carbocycles. The minimum atomic E-state index is -0.954. The summed E-state index contributed by atoms with van der Waals surface area (Å²) in [7, 11) is 4.48. The van der Waals surface area contributed by atoms with Crippen molar-refractivity contribution >= 4 is 14.2 Å². The van der Waals surface area contributed by atoms with E-state index in [9.17, 15) is 4.79 Å². The molecule has 4 rings (SSSR count). The summed E-state index contributed by atoms with van der Waals surface area (Å²) in [6.45, 7) is 13.0. The van der Waals surface area contributed by atoms with E-state index in [2.05, 4.69) is 80.7 Å². The lowest BCUT2D eigenvalue weighted by Gasteiger charge is -2.38. The summed E-state index contributed by atoms with van der Waals surface area (Å²) in [5.74, 6) is 1.72. The molecule has 0 radical (unpaired) electrons. The van der Waals surface area contributed by atoms with Gasteiger partial charge in [0.2, 0.25) is 5.91 Å². The zero-order chi connectivity index (χ0) is 35.4. The van der Waals surface area contributed by atoms with Crippen LogP contribution in [-0.4, -0.2) is 87.3 Å². The van der Waals surface area contributed by atoms with Gasteiger partial charge in [-0.3, -0.25) is 9.46 Å². The number of methoxy groups -OCH3 is 2. The second kappa shape index (κ2) is 18.8. The van der Waals surface area contributed by atoms with Gasteiger partial charge >= 0.3 is 0 Å². The third kappa shape index (κ3) is 9.83. The van der Waals surface area contributed by atoms with E-state index in [0.717, 1.165) is 60.4 Å². The van der Waals surface area contributed by atoms with Crippen molar-refractivity contribution < 1.29 is 23.5 Å². The highest BCUT2D eigenvalue weighted by Crippen LogP contribution is 2.45. The first-order valence-electron chi connectivity index (χ1n) is 17.8. The molecule has 268 valence electrons. The van der Waals surface area contributed by atoms with Gasteiger partial charge in [-0.1, -0.05) is 61.0 Å². The molecule has 3 aromatic rings. The predicted octanol–water partition coefficient (Wildman–Crippen LogP) is 7.84. The van der Waals surface area contributed by atoms with Gasteiger partial charge in [0.15, 0.2) is 0 Å². The van der Waals surface area contributed by atoms with E-state index in [0.29, 0.717) is 31.7 Å². The van der Waals surface area contributed by atoms with E-state index in [-0.39, 0.29) is 18.1 Å². The molecule has 1 N–H and O–H groups in total.